The van der Waals surface area contributed by atoms with Gasteiger partial charge in [-0.05, 0) is 61.3 Å². The molecule has 2 heteroatoms. The zero-order chi connectivity index (χ0) is 16.5. The molecule has 1 aromatic carbocycles. The molecule has 1 aliphatic heterocycles. The Morgan fingerprint density at radius 3 is 2.74 bits per heavy atom. The van der Waals surface area contributed by atoms with Crippen molar-refractivity contribution in [2.45, 2.75) is 65.4 Å². The van der Waals surface area contributed by atoms with E-state index in [1.165, 1.54) is 31.3 Å². The van der Waals surface area contributed by atoms with E-state index in [1.54, 1.807) is 6.07 Å². The molecular formula is C21H28O2. The lowest BCUT2D eigenvalue weighted by Crippen LogP contribution is -2.61. The van der Waals surface area contributed by atoms with E-state index in [0.717, 1.165) is 17.7 Å². The van der Waals surface area contributed by atoms with Crippen molar-refractivity contribution in [1.29, 1.82) is 0 Å². The van der Waals surface area contributed by atoms with E-state index in [4.69, 9.17) is 4.74 Å². The molecule has 1 N–H and O–H groups in total. The third-order valence-electron chi connectivity index (χ3n) is 7.22. The van der Waals surface area contributed by atoms with Crippen molar-refractivity contribution in [1.82, 2.24) is 0 Å². The average Bonchev–Trinajstić information content (AvgIpc) is 2.84. The molecule has 23 heavy (non-hydrogen) atoms. The minimum atomic E-state index is -0.232. The van der Waals surface area contributed by atoms with Crippen molar-refractivity contribution >= 4 is 0 Å². The van der Waals surface area contributed by atoms with Gasteiger partial charge in [-0.2, -0.15) is 0 Å². The average molecular weight is 312 g/mol. The normalized spacial score (nSPS) is 37.7. The molecule has 3 atom stereocenters. The molecule has 0 bridgehead atoms. The van der Waals surface area contributed by atoms with Gasteiger partial charge in [-0.15, -0.1) is 0 Å². The molecule has 0 aromatic heterocycles. The standard InChI is InChI=1S/C21H28O2/c1-14-6-9-18-19(2,3)10-5-11-20(18,4)21(14)13-15-12-16(22)7-8-17(15)23-21/h6-8,12,18,22H,5,9-11,13H2,1-4H3. The van der Waals surface area contributed by atoms with Gasteiger partial charge < -0.3 is 9.84 Å². The molecule has 0 amide bonds. The summed E-state index contributed by atoms with van der Waals surface area (Å²) in [5, 5.41) is 9.86. The van der Waals surface area contributed by atoms with Gasteiger partial charge in [-0.1, -0.05) is 33.3 Å². The maximum Gasteiger partial charge on any atom is 0.139 e. The van der Waals surface area contributed by atoms with Gasteiger partial charge in [-0.3, -0.25) is 0 Å². The fourth-order valence-corrected chi connectivity index (χ4v) is 5.93. The van der Waals surface area contributed by atoms with Crippen LogP contribution in [0.4, 0.5) is 0 Å². The number of rotatable bonds is 0. The van der Waals surface area contributed by atoms with E-state index in [1.807, 2.05) is 12.1 Å². The largest absolute Gasteiger partial charge is 0.508 e. The molecule has 124 valence electrons. The number of allylic oxidation sites excluding steroid dienone is 1. The van der Waals surface area contributed by atoms with Crippen LogP contribution in [0, 0.1) is 16.7 Å². The van der Waals surface area contributed by atoms with Gasteiger partial charge in [0.1, 0.15) is 17.1 Å². The Balaban J connectivity index is 1.84. The first-order valence-corrected chi connectivity index (χ1v) is 8.97. The molecule has 1 aromatic rings. The van der Waals surface area contributed by atoms with Crippen LogP contribution in [0.25, 0.3) is 0 Å². The molecular weight excluding hydrogens is 284 g/mol. The SMILES string of the molecule is CC1=CCC2C(C)(C)CCCC2(C)C12Cc1cc(O)ccc1O2. The quantitative estimate of drug-likeness (QED) is 0.663. The van der Waals surface area contributed by atoms with Crippen LogP contribution in [0.15, 0.2) is 29.8 Å². The number of benzene rings is 1. The monoisotopic (exact) mass is 312 g/mol. The first-order valence-electron chi connectivity index (χ1n) is 8.97. The maximum atomic E-state index is 9.86. The van der Waals surface area contributed by atoms with Crippen LogP contribution in [-0.4, -0.2) is 10.7 Å². The number of phenols is 1. The lowest BCUT2D eigenvalue weighted by molar-refractivity contribution is -0.118. The minimum Gasteiger partial charge on any atom is -0.508 e. The zero-order valence-corrected chi connectivity index (χ0v) is 14.8. The Hall–Kier alpha value is -1.44. The number of fused-ring (bicyclic) bond motifs is 3. The summed E-state index contributed by atoms with van der Waals surface area (Å²) in [5.41, 5.74) is 2.82. The van der Waals surface area contributed by atoms with Crippen LogP contribution in [-0.2, 0) is 6.42 Å². The van der Waals surface area contributed by atoms with E-state index in [0.29, 0.717) is 17.1 Å². The van der Waals surface area contributed by atoms with E-state index in [-0.39, 0.29) is 11.0 Å². The van der Waals surface area contributed by atoms with Gasteiger partial charge in [0.05, 0.1) is 0 Å². The van der Waals surface area contributed by atoms with Crippen molar-refractivity contribution in [3.8, 4) is 11.5 Å². The Bertz CT molecular complexity index is 687. The summed E-state index contributed by atoms with van der Waals surface area (Å²) in [6.07, 6.45) is 8.30. The molecule has 1 heterocycles. The molecule has 0 radical (unpaired) electrons. The predicted molar refractivity (Wildman–Crippen MR) is 92.8 cm³/mol. The van der Waals surface area contributed by atoms with Crippen molar-refractivity contribution in [3.05, 3.63) is 35.4 Å². The molecule has 3 aliphatic rings. The van der Waals surface area contributed by atoms with Gasteiger partial charge in [0, 0.05) is 17.4 Å². The minimum absolute atomic E-state index is 0.155. The number of ether oxygens (including phenoxy) is 1. The van der Waals surface area contributed by atoms with Gasteiger partial charge in [-0.25, -0.2) is 0 Å². The second-order valence-electron chi connectivity index (χ2n) is 8.83. The van der Waals surface area contributed by atoms with Crippen molar-refractivity contribution in [3.63, 3.8) is 0 Å². The molecule has 3 unspecified atom stereocenters. The summed E-state index contributed by atoms with van der Waals surface area (Å²) in [6.45, 7) is 9.58. The Morgan fingerprint density at radius 1 is 1.17 bits per heavy atom. The highest BCUT2D eigenvalue weighted by Crippen LogP contribution is 2.64. The highest BCUT2D eigenvalue weighted by Gasteiger charge is 2.63. The van der Waals surface area contributed by atoms with Crippen LogP contribution in [0.3, 0.4) is 0 Å². The van der Waals surface area contributed by atoms with E-state index < -0.39 is 0 Å². The Kier molecular flexibility index (Phi) is 2.99. The maximum absolute atomic E-state index is 9.86. The van der Waals surface area contributed by atoms with Gasteiger partial charge in [0.25, 0.3) is 0 Å². The Morgan fingerprint density at radius 2 is 1.96 bits per heavy atom. The summed E-state index contributed by atoms with van der Waals surface area (Å²) in [6, 6.07) is 5.57. The van der Waals surface area contributed by atoms with Crippen LogP contribution >= 0.6 is 0 Å². The molecule has 2 aliphatic carbocycles. The van der Waals surface area contributed by atoms with Gasteiger partial charge in [0.2, 0.25) is 0 Å². The first-order chi connectivity index (χ1) is 10.8. The van der Waals surface area contributed by atoms with E-state index in [9.17, 15) is 5.11 Å². The Labute approximate surface area is 139 Å². The number of phenolic OH excluding ortho intramolecular Hbond substituents is 1. The third kappa shape index (κ3) is 1.87. The predicted octanol–water partition coefficient (Wildman–Crippen LogP) is 5.25. The first kappa shape index (κ1) is 15.1. The molecule has 1 saturated carbocycles. The summed E-state index contributed by atoms with van der Waals surface area (Å²) >= 11 is 0. The molecule has 4 rings (SSSR count). The van der Waals surface area contributed by atoms with E-state index >= 15 is 0 Å². The number of hydrogen-bond acceptors (Lipinski definition) is 2. The lowest BCUT2D eigenvalue weighted by Gasteiger charge is -2.60. The zero-order valence-electron chi connectivity index (χ0n) is 14.8. The molecule has 2 nitrogen and oxygen atoms in total. The van der Waals surface area contributed by atoms with Crippen LogP contribution in [0.5, 0.6) is 11.5 Å². The molecule has 1 spiro atoms. The highest BCUT2D eigenvalue weighted by atomic mass is 16.5. The van der Waals surface area contributed by atoms with Crippen molar-refractivity contribution < 1.29 is 9.84 Å². The van der Waals surface area contributed by atoms with Crippen molar-refractivity contribution in [2.24, 2.45) is 16.7 Å². The van der Waals surface area contributed by atoms with Gasteiger partial charge >= 0.3 is 0 Å². The van der Waals surface area contributed by atoms with Crippen LogP contribution in [0.2, 0.25) is 0 Å². The van der Waals surface area contributed by atoms with Gasteiger partial charge in [0.15, 0.2) is 0 Å². The lowest BCUT2D eigenvalue weighted by atomic mass is 9.46. The van der Waals surface area contributed by atoms with E-state index in [2.05, 4.69) is 33.8 Å². The summed E-state index contributed by atoms with van der Waals surface area (Å²) in [4.78, 5) is 0. The number of hydrogen-bond donors (Lipinski definition) is 1. The molecule has 1 fully saturated rings. The second-order valence-corrected chi connectivity index (χ2v) is 8.83. The fraction of sp³-hybridized carbons (Fsp3) is 0.619. The summed E-state index contributed by atoms with van der Waals surface area (Å²) < 4.78 is 6.69. The topological polar surface area (TPSA) is 29.5 Å². The fourth-order valence-electron chi connectivity index (χ4n) is 5.93. The van der Waals surface area contributed by atoms with Crippen molar-refractivity contribution in [2.75, 3.05) is 0 Å². The highest BCUT2D eigenvalue weighted by molar-refractivity contribution is 5.48. The number of aromatic hydroxyl groups is 1. The smallest absolute Gasteiger partial charge is 0.139 e. The summed E-state index contributed by atoms with van der Waals surface area (Å²) in [5.74, 6) is 1.95. The van der Waals surface area contributed by atoms with Crippen LogP contribution < -0.4 is 4.74 Å². The second kappa shape index (κ2) is 4.55. The summed E-state index contributed by atoms with van der Waals surface area (Å²) in [7, 11) is 0. The third-order valence-corrected chi connectivity index (χ3v) is 7.22. The molecule has 0 saturated heterocycles. The van der Waals surface area contributed by atoms with Crippen LogP contribution in [0.1, 0.15) is 58.9 Å².